The summed E-state index contributed by atoms with van der Waals surface area (Å²) in [5.74, 6) is 1.13. The first-order chi connectivity index (χ1) is 18.5. The van der Waals surface area contributed by atoms with Gasteiger partial charge in [0.2, 0.25) is 5.28 Å². The van der Waals surface area contributed by atoms with Gasteiger partial charge in [0, 0.05) is 16.5 Å². The van der Waals surface area contributed by atoms with Crippen LogP contribution in [0.1, 0.15) is 25.0 Å². The molecule has 0 spiro atoms. The Balaban J connectivity index is 1.39. The highest BCUT2D eigenvalue weighted by Gasteiger charge is 2.38. The summed E-state index contributed by atoms with van der Waals surface area (Å²) >= 11 is 6.36. The molecule has 38 heavy (non-hydrogen) atoms. The van der Waals surface area contributed by atoms with Crippen molar-refractivity contribution in [1.29, 1.82) is 0 Å². The summed E-state index contributed by atoms with van der Waals surface area (Å²) in [5.41, 5.74) is 9.38. The molecule has 1 heterocycles. The van der Waals surface area contributed by atoms with Crippen LogP contribution in [-0.2, 0) is 5.41 Å². The Morgan fingerprint density at radius 2 is 1.24 bits per heavy atom. The van der Waals surface area contributed by atoms with Gasteiger partial charge in [0.25, 0.3) is 0 Å². The lowest BCUT2D eigenvalue weighted by Gasteiger charge is -2.24. The van der Waals surface area contributed by atoms with Gasteiger partial charge in [-0.3, -0.25) is 0 Å². The van der Waals surface area contributed by atoms with E-state index in [2.05, 4.69) is 96.6 Å². The zero-order valence-electron chi connectivity index (χ0n) is 21.1. The van der Waals surface area contributed by atoms with Gasteiger partial charge in [-0.05, 0) is 61.8 Å². The van der Waals surface area contributed by atoms with Crippen LogP contribution in [0.5, 0.6) is 0 Å². The predicted molar refractivity (Wildman–Crippen MR) is 156 cm³/mol. The van der Waals surface area contributed by atoms with E-state index in [1.165, 1.54) is 38.6 Å². The molecule has 0 fully saturated rings. The maximum Gasteiger partial charge on any atom is 0.226 e. The van der Waals surface area contributed by atoms with Crippen LogP contribution in [0.2, 0.25) is 5.28 Å². The van der Waals surface area contributed by atoms with Gasteiger partial charge in [-0.15, -0.1) is 0 Å². The van der Waals surface area contributed by atoms with Crippen molar-refractivity contribution in [2.75, 3.05) is 0 Å². The fraction of sp³-hybridized carbons (Fsp3) is 0.0882. The largest absolute Gasteiger partial charge is 0.226 e. The monoisotopic (exact) mass is 509 g/mol. The fourth-order valence-corrected chi connectivity index (χ4v) is 6.07. The first-order valence-corrected chi connectivity index (χ1v) is 13.1. The molecular formula is C34H24ClN3. The van der Waals surface area contributed by atoms with Crippen molar-refractivity contribution in [2.24, 2.45) is 0 Å². The van der Waals surface area contributed by atoms with Gasteiger partial charge >= 0.3 is 0 Å². The number of nitrogens with zero attached hydrogens (tertiary/aromatic N) is 3. The molecule has 3 nitrogen and oxygen atoms in total. The molecule has 0 bridgehead atoms. The summed E-state index contributed by atoms with van der Waals surface area (Å²) in [5, 5.41) is 2.75. The van der Waals surface area contributed by atoms with E-state index in [1.54, 1.807) is 0 Å². The van der Waals surface area contributed by atoms with E-state index >= 15 is 0 Å². The van der Waals surface area contributed by atoms with Crippen molar-refractivity contribution in [2.45, 2.75) is 19.3 Å². The van der Waals surface area contributed by atoms with Gasteiger partial charge in [0.05, 0.1) is 0 Å². The number of halogens is 1. The van der Waals surface area contributed by atoms with Crippen molar-refractivity contribution < 1.29 is 0 Å². The molecule has 5 aromatic carbocycles. The third-order valence-electron chi connectivity index (χ3n) is 7.63. The first kappa shape index (κ1) is 22.8. The second-order valence-corrected chi connectivity index (χ2v) is 10.6. The van der Waals surface area contributed by atoms with E-state index in [4.69, 9.17) is 16.6 Å². The molecule has 1 aliphatic rings. The molecule has 182 valence electrons. The number of benzene rings is 5. The molecule has 1 aromatic heterocycles. The van der Waals surface area contributed by atoms with E-state index in [-0.39, 0.29) is 10.7 Å². The normalized spacial score (nSPS) is 13.3. The van der Waals surface area contributed by atoms with Gasteiger partial charge in [-0.1, -0.05) is 117 Å². The maximum atomic E-state index is 6.36. The quantitative estimate of drug-likeness (QED) is 0.239. The standard InChI is InChI=1S/C34H24ClN3/c1-34(2)28-19-18-21-10-6-7-15-25(21)29(28)27-17-9-16-26(30(27)34)23-13-8-14-24(20-23)32-36-31(37-33(35)38-32)22-11-4-3-5-12-22/h3-20H,1-2H3. The minimum atomic E-state index is -0.141. The highest BCUT2D eigenvalue weighted by molar-refractivity contribution is 6.28. The molecule has 1 aliphatic carbocycles. The molecule has 0 saturated heterocycles. The minimum absolute atomic E-state index is 0.141. The molecule has 0 aliphatic heterocycles. The lowest BCUT2D eigenvalue weighted by molar-refractivity contribution is 0.662. The number of fused-ring (bicyclic) bond motifs is 5. The van der Waals surface area contributed by atoms with E-state index in [9.17, 15) is 0 Å². The lowest BCUT2D eigenvalue weighted by atomic mass is 9.78. The summed E-state index contributed by atoms with van der Waals surface area (Å²) in [6.45, 7) is 4.66. The highest BCUT2D eigenvalue weighted by Crippen LogP contribution is 2.54. The molecule has 0 radical (unpaired) electrons. The maximum absolute atomic E-state index is 6.36. The van der Waals surface area contributed by atoms with Gasteiger partial charge in [-0.25, -0.2) is 4.98 Å². The Morgan fingerprint density at radius 1 is 0.579 bits per heavy atom. The Hall–Kier alpha value is -4.34. The van der Waals surface area contributed by atoms with Gasteiger partial charge in [0.1, 0.15) is 0 Å². The van der Waals surface area contributed by atoms with E-state index in [1.807, 2.05) is 36.4 Å². The van der Waals surface area contributed by atoms with Gasteiger partial charge in [-0.2, -0.15) is 9.97 Å². The molecule has 0 saturated carbocycles. The molecule has 0 unspecified atom stereocenters. The average Bonchev–Trinajstić information content (AvgIpc) is 3.20. The predicted octanol–water partition coefficient (Wildman–Crippen LogP) is 8.99. The van der Waals surface area contributed by atoms with Crippen LogP contribution in [0.25, 0.3) is 55.8 Å². The Kier molecular flexibility index (Phi) is 5.17. The van der Waals surface area contributed by atoms with Crippen LogP contribution in [0, 0.1) is 0 Å². The molecule has 0 amide bonds. The van der Waals surface area contributed by atoms with Crippen LogP contribution in [0.3, 0.4) is 0 Å². The summed E-state index contributed by atoms with van der Waals surface area (Å²) in [6.07, 6.45) is 0. The summed E-state index contributed by atoms with van der Waals surface area (Å²) in [4.78, 5) is 13.6. The van der Waals surface area contributed by atoms with Gasteiger partial charge < -0.3 is 0 Å². The number of rotatable bonds is 3. The van der Waals surface area contributed by atoms with Crippen molar-refractivity contribution in [3.63, 3.8) is 0 Å². The van der Waals surface area contributed by atoms with E-state index in [0.29, 0.717) is 11.6 Å². The Morgan fingerprint density at radius 3 is 2.08 bits per heavy atom. The number of hydrogen-bond acceptors (Lipinski definition) is 3. The SMILES string of the molecule is CC1(C)c2ccc3ccccc3c2-c2cccc(-c3cccc(-c4nc(Cl)nc(-c5ccccc5)n4)c3)c21. The second-order valence-electron chi connectivity index (χ2n) is 10.3. The van der Waals surface area contributed by atoms with Crippen molar-refractivity contribution in [1.82, 2.24) is 15.0 Å². The van der Waals surface area contributed by atoms with Crippen LogP contribution >= 0.6 is 11.6 Å². The zero-order valence-corrected chi connectivity index (χ0v) is 21.9. The van der Waals surface area contributed by atoms with Gasteiger partial charge in [0.15, 0.2) is 11.6 Å². The second kappa shape index (κ2) is 8.61. The van der Waals surface area contributed by atoms with Crippen LogP contribution in [-0.4, -0.2) is 15.0 Å². The Bertz CT molecular complexity index is 1860. The smallest absolute Gasteiger partial charge is 0.208 e. The van der Waals surface area contributed by atoms with Crippen molar-refractivity contribution in [3.8, 4) is 45.0 Å². The molecule has 7 rings (SSSR count). The summed E-state index contributed by atoms with van der Waals surface area (Å²) in [7, 11) is 0. The molecule has 0 atom stereocenters. The zero-order chi connectivity index (χ0) is 25.9. The molecule has 6 aromatic rings. The molecule has 0 N–H and O–H groups in total. The van der Waals surface area contributed by atoms with Crippen molar-refractivity contribution in [3.05, 3.63) is 126 Å². The van der Waals surface area contributed by atoms with E-state index in [0.717, 1.165) is 16.7 Å². The molecular weight excluding hydrogens is 486 g/mol. The lowest BCUT2D eigenvalue weighted by Crippen LogP contribution is -2.16. The van der Waals surface area contributed by atoms with Crippen LogP contribution in [0.15, 0.2) is 109 Å². The van der Waals surface area contributed by atoms with Crippen LogP contribution in [0.4, 0.5) is 0 Å². The summed E-state index contributed by atoms with van der Waals surface area (Å²) in [6, 6.07) is 38.1. The average molecular weight is 510 g/mol. The first-order valence-electron chi connectivity index (χ1n) is 12.7. The number of aromatic nitrogens is 3. The number of hydrogen-bond donors (Lipinski definition) is 0. The summed E-state index contributed by atoms with van der Waals surface area (Å²) < 4.78 is 0. The third kappa shape index (κ3) is 3.54. The topological polar surface area (TPSA) is 38.7 Å². The van der Waals surface area contributed by atoms with Crippen molar-refractivity contribution >= 4 is 22.4 Å². The third-order valence-corrected chi connectivity index (χ3v) is 7.80. The Labute approximate surface area is 226 Å². The highest BCUT2D eigenvalue weighted by atomic mass is 35.5. The molecule has 4 heteroatoms. The van der Waals surface area contributed by atoms with E-state index < -0.39 is 0 Å². The fourth-order valence-electron chi connectivity index (χ4n) is 5.91. The minimum Gasteiger partial charge on any atom is -0.208 e. The van der Waals surface area contributed by atoms with Crippen LogP contribution < -0.4 is 0 Å².